The molecule has 2 aromatic rings. The van der Waals surface area contributed by atoms with Gasteiger partial charge in [0.25, 0.3) is 0 Å². The van der Waals surface area contributed by atoms with Crippen LogP contribution in [-0.4, -0.2) is 35.3 Å². The summed E-state index contributed by atoms with van der Waals surface area (Å²) in [5.41, 5.74) is 4.16. The van der Waals surface area contributed by atoms with Gasteiger partial charge in [-0.05, 0) is 80.5 Å². The van der Waals surface area contributed by atoms with Crippen LogP contribution in [0.25, 0.3) is 0 Å². The molecule has 0 amide bonds. The maximum absolute atomic E-state index is 13.3. The van der Waals surface area contributed by atoms with E-state index in [2.05, 4.69) is 11.9 Å². The van der Waals surface area contributed by atoms with Crippen molar-refractivity contribution in [2.45, 2.75) is 38.5 Å². The molecule has 0 saturated heterocycles. The molecule has 2 aromatic carbocycles. The van der Waals surface area contributed by atoms with Crippen molar-refractivity contribution in [1.82, 2.24) is 4.90 Å². The molecule has 25 heavy (non-hydrogen) atoms. The van der Waals surface area contributed by atoms with Crippen LogP contribution in [-0.2, 0) is 12.8 Å². The predicted octanol–water partition coefficient (Wildman–Crippen LogP) is 4.14. The topological polar surface area (TPSA) is 43.7 Å². The summed E-state index contributed by atoms with van der Waals surface area (Å²) in [5.74, 6) is 0.198. The average Bonchev–Trinajstić information content (AvgIpc) is 2.58. The number of fused-ring (bicyclic) bond motifs is 1. The molecule has 0 aromatic heterocycles. The van der Waals surface area contributed by atoms with Gasteiger partial charge in [0.1, 0.15) is 5.82 Å². The second-order valence-corrected chi connectivity index (χ2v) is 7.18. The zero-order chi connectivity index (χ0) is 18.0. The first-order chi connectivity index (χ1) is 12.0. The molecule has 0 bridgehead atoms. The van der Waals surface area contributed by atoms with Gasteiger partial charge in [0, 0.05) is 18.7 Å². The number of benzene rings is 2. The monoisotopic (exact) mass is 343 g/mol. The maximum atomic E-state index is 13.3. The lowest BCUT2D eigenvalue weighted by Crippen LogP contribution is -2.29. The number of likely N-dealkylation sites (N-methyl/N-ethyl adjacent to an activating group) is 1. The first kappa shape index (κ1) is 17.7. The van der Waals surface area contributed by atoms with Gasteiger partial charge < -0.3 is 15.1 Å². The Morgan fingerprint density at radius 1 is 1.24 bits per heavy atom. The van der Waals surface area contributed by atoms with Crippen LogP contribution in [0.3, 0.4) is 0 Å². The molecule has 0 heterocycles. The van der Waals surface area contributed by atoms with Crippen molar-refractivity contribution in [3.8, 4) is 11.5 Å². The normalized spacial score (nSPS) is 16.9. The highest BCUT2D eigenvalue weighted by atomic mass is 19.1. The van der Waals surface area contributed by atoms with Crippen molar-refractivity contribution in [2.75, 3.05) is 20.1 Å². The lowest BCUT2D eigenvalue weighted by Gasteiger charge is -2.31. The Bertz CT molecular complexity index is 760. The van der Waals surface area contributed by atoms with Gasteiger partial charge in [0.15, 0.2) is 11.5 Å². The van der Waals surface area contributed by atoms with Gasteiger partial charge in [-0.15, -0.1) is 0 Å². The third-order valence-corrected chi connectivity index (χ3v) is 5.22. The second-order valence-electron chi connectivity index (χ2n) is 7.18. The molecule has 1 atom stereocenters. The summed E-state index contributed by atoms with van der Waals surface area (Å²) >= 11 is 0. The number of phenols is 2. The molecular weight excluding hydrogens is 317 g/mol. The summed E-state index contributed by atoms with van der Waals surface area (Å²) < 4.78 is 13.3. The lowest BCUT2D eigenvalue weighted by atomic mass is 9.79. The summed E-state index contributed by atoms with van der Waals surface area (Å²) in [4.78, 5) is 2.27. The minimum atomic E-state index is -0.188. The highest BCUT2D eigenvalue weighted by molar-refractivity contribution is 5.55. The third kappa shape index (κ3) is 3.96. The average molecular weight is 343 g/mol. The van der Waals surface area contributed by atoms with E-state index in [1.54, 1.807) is 18.2 Å². The fraction of sp³-hybridized carbons (Fsp3) is 0.429. The lowest BCUT2D eigenvalue weighted by molar-refractivity contribution is 0.298. The molecule has 2 N–H and O–H groups in total. The van der Waals surface area contributed by atoms with E-state index in [0.29, 0.717) is 5.92 Å². The fourth-order valence-electron chi connectivity index (χ4n) is 4.02. The molecular formula is C21H26FNO2. The predicted molar refractivity (Wildman–Crippen MR) is 97.8 cm³/mol. The molecule has 1 unspecified atom stereocenters. The van der Waals surface area contributed by atoms with Gasteiger partial charge in [0.2, 0.25) is 0 Å². The number of nitrogens with zero attached hydrogens (tertiary/aromatic N) is 1. The fourth-order valence-corrected chi connectivity index (χ4v) is 4.02. The number of aromatic hydroxyl groups is 2. The smallest absolute Gasteiger partial charge is 0.160 e. The summed E-state index contributed by atoms with van der Waals surface area (Å²) in [6, 6.07) is 8.43. The SMILES string of the molecule is Cc1cc(O)c(O)c2c1C(CN(C)CCc1cccc(F)c1)CCC2. The molecule has 0 saturated carbocycles. The quantitative estimate of drug-likeness (QED) is 0.802. The zero-order valence-corrected chi connectivity index (χ0v) is 14.9. The van der Waals surface area contributed by atoms with E-state index in [-0.39, 0.29) is 17.3 Å². The Kier molecular flexibility index (Phi) is 5.28. The standard InChI is InChI=1S/C21H26FNO2/c1-14-11-19(24)21(25)18-8-4-6-16(20(14)18)13-23(2)10-9-15-5-3-7-17(22)12-15/h3,5,7,11-12,16,24-25H,4,6,8-10,13H2,1-2H3. The first-order valence-corrected chi connectivity index (χ1v) is 8.93. The van der Waals surface area contributed by atoms with Gasteiger partial charge in [-0.3, -0.25) is 0 Å². The highest BCUT2D eigenvalue weighted by Gasteiger charge is 2.27. The molecule has 3 rings (SSSR count). The number of aryl methyl sites for hydroxylation is 1. The van der Waals surface area contributed by atoms with Crippen LogP contribution in [0.4, 0.5) is 4.39 Å². The molecule has 134 valence electrons. The zero-order valence-electron chi connectivity index (χ0n) is 14.9. The van der Waals surface area contributed by atoms with Gasteiger partial charge in [0.05, 0.1) is 0 Å². The number of hydrogen-bond acceptors (Lipinski definition) is 3. The molecule has 1 aliphatic carbocycles. The van der Waals surface area contributed by atoms with E-state index in [0.717, 1.165) is 55.5 Å². The van der Waals surface area contributed by atoms with Crippen LogP contribution in [0, 0.1) is 12.7 Å². The van der Waals surface area contributed by atoms with Crippen molar-refractivity contribution in [3.63, 3.8) is 0 Å². The van der Waals surface area contributed by atoms with Crippen molar-refractivity contribution in [3.05, 3.63) is 58.4 Å². The molecule has 0 spiro atoms. The molecule has 0 fully saturated rings. The van der Waals surface area contributed by atoms with Crippen LogP contribution in [0.2, 0.25) is 0 Å². The Labute approximate surface area is 148 Å². The summed E-state index contributed by atoms with van der Waals surface area (Å²) in [6.07, 6.45) is 3.74. The van der Waals surface area contributed by atoms with E-state index in [1.165, 1.54) is 11.6 Å². The Morgan fingerprint density at radius 2 is 2.04 bits per heavy atom. The molecule has 4 heteroatoms. The van der Waals surface area contributed by atoms with E-state index in [9.17, 15) is 14.6 Å². The summed E-state index contributed by atoms with van der Waals surface area (Å²) in [5, 5.41) is 20.1. The van der Waals surface area contributed by atoms with Crippen LogP contribution >= 0.6 is 0 Å². The Hall–Kier alpha value is -2.07. The number of hydrogen-bond donors (Lipinski definition) is 2. The summed E-state index contributed by atoms with van der Waals surface area (Å²) in [7, 11) is 2.09. The molecule has 0 aliphatic heterocycles. The van der Waals surface area contributed by atoms with Crippen molar-refractivity contribution in [2.24, 2.45) is 0 Å². The van der Waals surface area contributed by atoms with Gasteiger partial charge in [-0.25, -0.2) is 4.39 Å². The van der Waals surface area contributed by atoms with Gasteiger partial charge >= 0.3 is 0 Å². The maximum Gasteiger partial charge on any atom is 0.160 e. The Balaban J connectivity index is 1.69. The van der Waals surface area contributed by atoms with Crippen molar-refractivity contribution in [1.29, 1.82) is 0 Å². The second kappa shape index (κ2) is 7.44. The molecule has 1 aliphatic rings. The van der Waals surface area contributed by atoms with Crippen LogP contribution < -0.4 is 0 Å². The Morgan fingerprint density at radius 3 is 2.80 bits per heavy atom. The first-order valence-electron chi connectivity index (χ1n) is 8.93. The highest BCUT2D eigenvalue weighted by Crippen LogP contribution is 2.43. The number of phenolic OH excluding ortho intramolecular Hbond substituents is 2. The van der Waals surface area contributed by atoms with Crippen LogP contribution in [0.5, 0.6) is 11.5 Å². The minimum absolute atomic E-state index is 0.0173. The number of halogens is 1. The molecule has 0 radical (unpaired) electrons. The van der Waals surface area contributed by atoms with E-state index >= 15 is 0 Å². The largest absolute Gasteiger partial charge is 0.504 e. The summed E-state index contributed by atoms with van der Waals surface area (Å²) in [6.45, 7) is 3.76. The van der Waals surface area contributed by atoms with Crippen LogP contribution in [0.15, 0.2) is 30.3 Å². The van der Waals surface area contributed by atoms with E-state index < -0.39 is 0 Å². The van der Waals surface area contributed by atoms with Crippen molar-refractivity contribution >= 4 is 0 Å². The third-order valence-electron chi connectivity index (χ3n) is 5.22. The van der Waals surface area contributed by atoms with Crippen molar-refractivity contribution < 1.29 is 14.6 Å². The molecule has 3 nitrogen and oxygen atoms in total. The van der Waals surface area contributed by atoms with E-state index in [1.807, 2.05) is 13.0 Å². The van der Waals surface area contributed by atoms with Gasteiger partial charge in [-0.2, -0.15) is 0 Å². The van der Waals surface area contributed by atoms with Gasteiger partial charge in [-0.1, -0.05) is 12.1 Å². The number of rotatable bonds is 5. The van der Waals surface area contributed by atoms with E-state index in [4.69, 9.17) is 0 Å². The minimum Gasteiger partial charge on any atom is -0.504 e. The van der Waals surface area contributed by atoms with Crippen LogP contribution in [0.1, 0.15) is 41.0 Å².